The van der Waals surface area contributed by atoms with Crippen LogP contribution in [0.4, 0.5) is 0 Å². The second kappa shape index (κ2) is 7.55. The molecule has 1 aliphatic carbocycles. The molecule has 4 rings (SSSR count). The molecule has 1 fully saturated rings. The number of rotatable bonds is 6. The molecule has 2 heterocycles. The van der Waals surface area contributed by atoms with Gasteiger partial charge in [0.1, 0.15) is 17.7 Å². The number of hydrogen-bond acceptors (Lipinski definition) is 7. The van der Waals surface area contributed by atoms with Crippen LogP contribution in [0.5, 0.6) is 0 Å². The number of carbonyl (C=O) groups is 2. The number of hydrogen-bond donors (Lipinski definition) is 0. The Morgan fingerprint density at radius 2 is 2.07 bits per heavy atom. The van der Waals surface area contributed by atoms with Crippen LogP contribution in [0.15, 0.2) is 27.5 Å². The molecule has 0 amide bonds. The quantitative estimate of drug-likeness (QED) is 0.407. The van der Waals surface area contributed by atoms with E-state index in [4.69, 9.17) is 9.26 Å². The van der Waals surface area contributed by atoms with E-state index in [1.165, 1.54) is 0 Å². The highest BCUT2D eigenvalue weighted by Crippen LogP contribution is 2.43. The molecule has 9 heteroatoms. The van der Waals surface area contributed by atoms with E-state index in [-0.39, 0.29) is 29.6 Å². The summed E-state index contributed by atoms with van der Waals surface area (Å²) in [7, 11) is 0. The smallest absolute Gasteiger partial charge is 0.361 e. The van der Waals surface area contributed by atoms with Crippen LogP contribution in [0.3, 0.4) is 0 Å². The standard InChI is InChI=1S/C20H19BrN4O4/c1-4-28-20(27)17-15(19(29-24-17)12-5-6-12)18(26)13-7-8-14(16(21)10(13)2)25-9-22-23-11(25)3/h7-9,12H,4-6H2,1-3H3. The van der Waals surface area contributed by atoms with Crippen molar-refractivity contribution in [2.24, 2.45) is 0 Å². The minimum Gasteiger partial charge on any atom is -0.461 e. The molecule has 0 N–H and O–H groups in total. The third kappa shape index (κ3) is 3.39. The Morgan fingerprint density at radius 3 is 2.69 bits per heavy atom. The molecule has 3 aromatic rings. The SMILES string of the molecule is CCOC(=O)c1noc(C2CC2)c1C(=O)c1ccc(-n2cnnc2C)c(Br)c1C. The van der Waals surface area contributed by atoms with Gasteiger partial charge in [-0.25, -0.2) is 4.79 Å². The zero-order chi connectivity index (χ0) is 20.7. The first kappa shape index (κ1) is 19.5. The summed E-state index contributed by atoms with van der Waals surface area (Å²) in [5, 5.41) is 11.8. The van der Waals surface area contributed by atoms with Gasteiger partial charge in [0, 0.05) is 16.0 Å². The Hall–Kier alpha value is -2.81. The number of carbonyl (C=O) groups excluding carboxylic acids is 2. The number of aryl methyl sites for hydroxylation is 1. The molecular weight excluding hydrogens is 440 g/mol. The second-order valence-corrected chi connectivity index (χ2v) is 7.71. The van der Waals surface area contributed by atoms with Crippen LogP contribution in [-0.4, -0.2) is 38.3 Å². The predicted molar refractivity (Wildman–Crippen MR) is 106 cm³/mol. The Bertz CT molecular complexity index is 1110. The number of ketones is 1. The first-order chi connectivity index (χ1) is 13.9. The first-order valence-electron chi connectivity index (χ1n) is 9.31. The van der Waals surface area contributed by atoms with Crippen molar-refractivity contribution in [2.75, 3.05) is 6.61 Å². The summed E-state index contributed by atoms with van der Waals surface area (Å²) in [5.74, 6) is 0.352. The summed E-state index contributed by atoms with van der Waals surface area (Å²) in [6, 6.07) is 3.55. The molecular formula is C20H19BrN4O4. The maximum absolute atomic E-state index is 13.5. The molecule has 1 aromatic carbocycles. The number of aromatic nitrogens is 4. The zero-order valence-electron chi connectivity index (χ0n) is 16.2. The summed E-state index contributed by atoms with van der Waals surface area (Å²) in [6.07, 6.45) is 3.43. The van der Waals surface area contributed by atoms with Crippen LogP contribution in [0.25, 0.3) is 5.69 Å². The molecule has 150 valence electrons. The molecule has 29 heavy (non-hydrogen) atoms. The van der Waals surface area contributed by atoms with Gasteiger partial charge in [0.05, 0.1) is 12.3 Å². The van der Waals surface area contributed by atoms with Gasteiger partial charge in [-0.05, 0) is 67.2 Å². The number of halogens is 1. The van der Waals surface area contributed by atoms with Crippen LogP contribution in [-0.2, 0) is 4.74 Å². The maximum atomic E-state index is 13.5. The van der Waals surface area contributed by atoms with E-state index in [1.807, 2.05) is 24.5 Å². The van der Waals surface area contributed by atoms with E-state index in [1.54, 1.807) is 19.3 Å². The fourth-order valence-corrected chi connectivity index (χ4v) is 3.79. The maximum Gasteiger partial charge on any atom is 0.361 e. The van der Waals surface area contributed by atoms with Gasteiger partial charge in [-0.3, -0.25) is 9.36 Å². The minimum atomic E-state index is -0.653. The lowest BCUT2D eigenvalue weighted by atomic mass is 9.96. The highest BCUT2D eigenvalue weighted by atomic mass is 79.9. The van der Waals surface area contributed by atoms with Gasteiger partial charge in [0.15, 0.2) is 11.5 Å². The topological polar surface area (TPSA) is 100 Å². The minimum absolute atomic E-state index is 0.0620. The number of benzene rings is 1. The Labute approximate surface area is 175 Å². The zero-order valence-corrected chi connectivity index (χ0v) is 17.8. The van der Waals surface area contributed by atoms with Crippen LogP contribution < -0.4 is 0 Å². The monoisotopic (exact) mass is 458 g/mol. The lowest BCUT2D eigenvalue weighted by Gasteiger charge is -2.13. The summed E-state index contributed by atoms with van der Waals surface area (Å²) in [5.41, 5.74) is 2.16. The van der Waals surface area contributed by atoms with Gasteiger partial charge in [0.25, 0.3) is 0 Å². The average Bonchev–Trinajstić information content (AvgIpc) is 3.30. The van der Waals surface area contributed by atoms with E-state index < -0.39 is 5.97 Å². The molecule has 0 radical (unpaired) electrons. The first-order valence-corrected chi connectivity index (χ1v) is 10.1. The van der Waals surface area contributed by atoms with Gasteiger partial charge in [-0.1, -0.05) is 5.16 Å². The van der Waals surface area contributed by atoms with E-state index in [0.29, 0.717) is 11.3 Å². The normalized spacial score (nSPS) is 13.5. The summed E-state index contributed by atoms with van der Waals surface area (Å²) >= 11 is 3.59. The highest BCUT2D eigenvalue weighted by molar-refractivity contribution is 9.10. The van der Waals surface area contributed by atoms with Gasteiger partial charge < -0.3 is 9.26 Å². The van der Waals surface area contributed by atoms with Crippen LogP contribution in [0.1, 0.15) is 69.2 Å². The molecule has 0 atom stereocenters. The Kier molecular flexibility index (Phi) is 5.08. The summed E-state index contributed by atoms with van der Waals surface area (Å²) in [6.45, 7) is 5.58. The van der Waals surface area contributed by atoms with Crippen LogP contribution in [0.2, 0.25) is 0 Å². The van der Waals surface area contributed by atoms with Crippen LogP contribution >= 0.6 is 15.9 Å². The predicted octanol–water partition coefficient (Wildman–Crippen LogP) is 3.92. The van der Waals surface area contributed by atoms with E-state index in [0.717, 1.165) is 34.4 Å². The lowest BCUT2D eigenvalue weighted by Crippen LogP contribution is -2.14. The molecule has 0 bridgehead atoms. The van der Waals surface area contributed by atoms with Crippen molar-refractivity contribution >= 4 is 27.7 Å². The number of esters is 1. The van der Waals surface area contributed by atoms with E-state index >= 15 is 0 Å². The summed E-state index contributed by atoms with van der Waals surface area (Å²) in [4.78, 5) is 25.8. The number of nitrogens with zero attached hydrogens (tertiary/aromatic N) is 4. The fourth-order valence-electron chi connectivity index (χ4n) is 3.25. The fraction of sp³-hybridized carbons (Fsp3) is 0.350. The third-order valence-corrected chi connectivity index (χ3v) is 5.95. The van der Waals surface area contributed by atoms with Crippen molar-refractivity contribution in [2.45, 2.75) is 39.5 Å². The Balaban J connectivity index is 1.79. The van der Waals surface area contributed by atoms with Gasteiger partial charge in [0.2, 0.25) is 5.69 Å². The molecule has 1 saturated carbocycles. The van der Waals surface area contributed by atoms with Gasteiger partial charge >= 0.3 is 5.97 Å². The summed E-state index contributed by atoms with van der Waals surface area (Å²) < 4.78 is 13.0. The highest BCUT2D eigenvalue weighted by Gasteiger charge is 2.38. The van der Waals surface area contributed by atoms with E-state index in [2.05, 4.69) is 31.3 Å². The lowest BCUT2D eigenvalue weighted by molar-refractivity contribution is 0.0512. The van der Waals surface area contributed by atoms with Crippen molar-refractivity contribution in [1.82, 2.24) is 19.9 Å². The molecule has 0 saturated heterocycles. The Morgan fingerprint density at radius 1 is 1.31 bits per heavy atom. The van der Waals surface area contributed by atoms with Crippen molar-refractivity contribution in [3.05, 3.63) is 56.9 Å². The molecule has 0 unspecified atom stereocenters. The van der Waals surface area contributed by atoms with Crippen molar-refractivity contribution < 1.29 is 18.8 Å². The van der Waals surface area contributed by atoms with Crippen molar-refractivity contribution in [1.29, 1.82) is 0 Å². The molecule has 0 aliphatic heterocycles. The third-order valence-electron chi connectivity index (χ3n) is 4.95. The molecule has 2 aromatic heterocycles. The number of ether oxygens (including phenoxy) is 1. The average molecular weight is 459 g/mol. The molecule has 8 nitrogen and oxygen atoms in total. The molecule has 0 spiro atoms. The second-order valence-electron chi connectivity index (χ2n) is 6.91. The van der Waals surface area contributed by atoms with Gasteiger partial charge in [-0.15, -0.1) is 10.2 Å². The van der Waals surface area contributed by atoms with Crippen LogP contribution in [0, 0.1) is 13.8 Å². The van der Waals surface area contributed by atoms with E-state index in [9.17, 15) is 9.59 Å². The largest absolute Gasteiger partial charge is 0.461 e. The van der Waals surface area contributed by atoms with Crippen molar-refractivity contribution in [3.63, 3.8) is 0 Å². The molecule has 1 aliphatic rings. The van der Waals surface area contributed by atoms with Crippen molar-refractivity contribution in [3.8, 4) is 5.69 Å². The van der Waals surface area contributed by atoms with Gasteiger partial charge in [-0.2, -0.15) is 0 Å².